The maximum absolute atomic E-state index is 14.5. The summed E-state index contributed by atoms with van der Waals surface area (Å²) >= 11 is 12.0. The van der Waals surface area contributed by atoms with Gasteiger partial charge in [0.15, 0.2) is 0 Å². The van der Waals surface area contributed by atoms with Gasteiger partial charge in [0.1, 0.15) is 36.2 Å². The van der Waals surface area contributed by atoms with Gasteiger partial charge in [-0.2, -0.15) is 45.9 Å². The molecule has 29 heavy (non-hydrogen) atoms. The lowest BCUT2D eigenvalue weighted by Gasteiger charge is -2.29. The van der Waals surface area contributed by atoms with E-state index in [1.165, 1.54) is 12.1 Å². The highest BCUT2D eigenvalue weighted by Crippen LogP contribution is 2.42. The van der Waals surface area contributed by atoms with Crippen molar-refractivity contribution in [1.29, 1.82) is 0 Å². The Morgan fingerprint density at radius 3 is 2.14 bits per heavy atom. The Balaban J connectivity index is 2.38. The summed E-state index contributed by atoms with van der Waals surface area (Å²) in [7, 11) is 0. The summed E-state index contributed by atoms with van der Waals surface area (Å²) in [6.45, 7) is -4.05. The second kappa shape index (κ2) is 7.48. The van der Waals surface area contributed by atoms with Gasteiger partial charge in [0.05, 0.1) is 10.6 Å². The molecular formula is C15H8Cl2F7N5. The maximum atomic E-state index is 14.5. The molecular weight excluding hydrogens is 454 g/mol. The van der Waals surface area contributed by atoms with Crippen LogP contribution in [0.25, 0.3) is 16.9 Å². The Morgan fingerprint density at radius 1 is 0.966 bits per heavy atom. The van der Waals surface area contributed by atoms with Crippen molar-refractivity contribution >= 4 is 34.8 Å². The van der Waals surface area contributed by atoms with Crippen molar-refractivity contribution in [3.63, 3.8) is 0 Å². The third-order valence-electron chi connectivity index (χ3n) is 3.61. The third-order valence-corrected chi connectivity index (χ3v) is 4.20. The van der Waals surface area contributed by atoms with E-state index in [1.54, 1.807) is 0 Å². The predicted octanol–water partition coefficient (Wildman–Crippen LogP) is 5.17. The van der Waals surface area contributed by atoms with Crippen molar-refractivity contribution in [2.75, 3.05) is 18.0 Å². The van der Waals surface area contributed by atoms with Crippen LogP contribution in [0.1, 0.15) is 0 Å². The van der Waals surface area contributed by atoms with Gasteiger partial charge in [-0.05, 0) is 12.1 Å². The minimum absolute atomic E-state index is 0.0760. The number of rotatable bonds is 4. The molecule has 0 saturated heterocycles. The van der Waals surface area contributed by atoms with Crippen molar-refractivity contribution in [1.82, 2.24) is 19.6 Å². The predicted molar refractivity (Wildman–Crippen MR) is 90.5 cm³/mol. The summed E-state index contributed by atoms with van der Waals surface area (Å²) in [6, 6.07) is 3.33. The smallest absolute Gasteiger partial charge is 0.338 e. The number of nitrogens with zero attached hydrogens (tertiary/aromatic N) is 5. The standard InChI is InChI=1S/C15H8Cl2F7N5/c16-7-2-1-3-8(18)9(7)10-11(17)27-13-25-6-26-29(13)12(10)28(4-14(19,20)21)5-15(22,23)24/h1-3,6H,4-5H2. The molecule has 5 nitrogen and oxygen atoms in total. The Kier molecular flexibility index (Phi) is 5.52. The van der Waals surface area contributed by atoms with Gasteiger partial charge in [-0.3, -0.25) is 0 Å². The van der Waals surface area contributed by atoms with Crippen LogP contribution in [0.5, 0.6) is 0 Å². The molecule has 0 aliphatic carbocycles. The number of aromatic nitrogens is 4. The molecule has 0 unspecified atom stereocenters. The molecule has 1 aromatic carbocycles. The highest BCUT2D eigenvalue weighted by atomic mass is 35.5. The normalized spacial score (nSPS) is 12.6. The summed E-state index contributed by atoms with van der Waals surface area (Å²) < 4.78 is 93.6. The second-order valence-corrected chi connectivity index (χ2v) is 6.52. The molecule has 0 saturated carbocycles. The quantitative estimate of drug-likeness (QED) is 0.397. The Labute approximate surface area is 167 Å². The number of hydrogen-bond acceptors (Lipinski definition) is 4. The molecule has 0 aliphatic rings. The fourth-order valence-corrected chi connectivity index (χ4v) is 3.20. The van der Waals surface area contributed by atoms with Crippen molar-refractivity contribution in [3.05, 3.63) is 40.5 Å². The average Bonchev–Trinajstić information content (AvgIpc) is 2.99. The largest absolute Gasteiger partial charge is 0.405 e. The van der Waals surface area contributed by atoms with Crippen molar-refractivity contribution in [2.45, 2.75) is 12.4 Å². The molecule has 0 fully saturated rings. The number of benzene rings is 1. The van der Waals surface area contributed by atoms with Gasteiger partial charge in [-0.1, -0.05) is 29.3 Å². The molecule has 14 heteroatoms. The molecule has 2 heterocycles. The van der Waals surface area contributed by atoms with Crippen LogP contribution in [0.3, 0.4) is 0 Å². The van der Waals surface area contributed by atoms with Gasteiger partial charge in [-0.15, -0.1) is 0 Å². The number of alkyl halides is 6. The molecule has 3 aromatic rings. The summed E-state index contributed by atoms with van der Waals surface area (Å²) in [5.74, 6) is -2.21. The van der Waals surface area contributed by atoms with Gasteiger partial charge in [0.2, 0.25) is 0 Å². The lowest BCUT2D eigenvalue weighted by molar-refractivity contribution is -0.137. The minimum Gasteiger partial charge on any atom is -0.338 e. The molecule has 0 aliphatic heterocycles. The number of fused-ring (bicyclic) bond motifs is 1. The van der Waals surface area contributed by atoms with Crippen LogP contribution in [-0.4, -0.2) is 45.0 Å². The van der Waals surface area contributed by atoms with Crippen molar-refractivity contribution < 1.29 is 30.7 Å². The fourth-order valence-electron chi connectivity index (χ4n) is 2.69. The Morgan fingerprint density at radius 2 is 1.59 bits per heavy atom. The van der Waals surface area contributed by atoms with E-state index in [2.05, 4.69) is 15.1 Å². The van der Waals surface area contributed by atoms with E-state index in [4.69, 9.17) is 23.2 Å². The molecule has 3 rings (SSSR count). The molecule has 156 valence electrons. The van der Waals surface area contributed by atoms with E-state index in [0.717, 1.165) is 12.4 Å². The average molecular weight is 462 g/mol. The lowest BCUT2D eigenvalue weighted by Crippen LogP contribution is -2.42. The van der Waals surface area contributed by atoms with Crippen LogP contribution in [0, 0.1) is 5.82 Å². The van der Waals surface area contributed by atoms with E-state index in [1.807, 2.05) is 0 Å². The van der Waals surface area contributed by atoms with E-state index >= 15 is 0 Å². The van der Waals surface area contributed by atoms with Gasteiger partial charge < -0.3 is 4.90 Å². The molecule has 0 bridgehead atoms. The van der Waals surface area contributed by atoms with Crippen LogP contribution in [0.2, 0.25) is 10.2 Å². The van der Waals surface area contributed by atoms with Crippen LogP contribution in [0.15, 0.2) is 24.5 Å². The first-order valence-corrected chi connectivity index (χ1v) is 8.35. The lowest BCUT2D eigenvalue weighted by atomic mass is 10.1. The third kappa shape index (κ3) is 4.64. The monoisotopic (exact) mass is 461 g/mol. The molecule has 0 N–H and O–H groups in total. The van der Waals surface area contributed by atoms with Gasteiger partial charge in [-0.25, -0.2) is 4.39 Å². The van der Waals surface area contributed by atoms with Crippen LogP contribution >= 0.6 is 23.2 Å². The van der Waals surface area contributed by atoms with Crippen LogP contribution in [-0.2, 0) is 0 Å². The SMILES string of the molecule is Fc1cccc(Cl)c1-c1c(Cl)nc2ncnn2c1N(CC(F)(F)F)CC(F)(F)F. The number of halogens is 9. The van der Waals surface area contributed by atoms with E-state index < -0.39 is 53.4 Å². The zero-order chi connectivity index (χ0) is 21.6. The fraction of sp³-hybridized carbons (Fsp3) is 0.267. The minimum atomic E-state index is -5.04. The molecule has 0 amide bonds. The zero-order valence-electron chi connectivity index (χ0n) is 13.9. The molecule has 0 spiro atoms. The summed E-state index contributed by atoms with van der Waals surface area (Å²) in [4.78, 5) is 7.33. The van der Waals surface area contributed by atoms with E-state index in [-0.39, 0.29) is 15.7 Å². The summed E-state index contributed by atoms with van der Waals surface area (Å²) in [5, 5.41) is 2.74. The second-order valence-electron chi connectivity index (χ2n) is 5.76. The highest BCUT2D eigenvalue weighted by Gasteiger charge is 2.40. The van der Waals surface area contributed by atoms with Gasteiger partial charge >= 0.3 is 12.4 Å². The Bertz CT molecular complexity index is 1010. The zero-order valence-corrected chi connectivity index (χ0v) is 15.4. The van der Waals surface area contributed by atoms with Crippen molar-refractivity contribution in [2.24, 2.45) is 0 Å². The first-order valence-electron chi connectivity index (χ1n) is 7.59. The van der Waals surface area contributed by atoms with Crippen molar-refractivity contribution in [3.8, 4) is 11.1 Å². The van der Waals surface area contributed by atoms with E-state index in [0.29, 0.717) is 4.52 Å². The number of anilines is 1. The molecule has 0 atom stereocenters. The topological polar surface area (TPSA) is 46.3 Å². The van der Waals surface area contributed by atoms with Crippen LogP contribution < -0.4 is 4.90 Å². The first-order chi connectivity index (χ1) is 13.4. The molecule has 0 radical (unpaired) electrons. The van der Waals surface area contributed by atoms with E-state index in [9.17, 15) is 30.7 Å². The summed E-state index contributed by atoms with van der Waals surface area (Å²) in [5.41, 5.74) is -1.10. The first kappa shape index (κ1) is 21.4. The Hall–Kier alpha value is -2.34. The maximum Gasteiger partial charge on any atom is 0.405 e. The molecule has 2 aromatic heterocycles. The summed E-state index contributed by atoms with van der Waals surface area (Å²) in [6.07, 6.45) is -9.22. The highest BCUT2D eigenvalue weighted by molar-refractivity contribution is 6.36. The van der Waals surface area contributed by atoms with Gasteiger partial charge in [0, 0.05) is 5.56 Å². The van der Waals surface area contributed by atoms with Crippen LogP contribution in [0.4, 0.5) is 36.6 Å². The van der Waals surface area contributed by atoms with Gasteiger partial charge in [0.25, 0.3) is 5.78 Å². The number of hydrogen-bond donors (Lipinski definition) is 0.